The van der Waals surface area contributed by atoms with Crippen LogP contribution in [0.3, 0.4) is 0 Å². The molecule has 3 aromatic carbocycles. The number of anilines is 3. The lowest BCUT2D eigenvalue weighted by Crippen LogP contribution is -2.15. The van der Waals surface area contributed by atoms with E-state index in [4.69, 9.17) is 15.2 Å². The minimum absolute atomic E-state index is 0.0696. The van der Waals surface area contributed by atoms with Crippen LogP contribution in [0.4, 0.5) is 22.7 Å². The van der Waals surface area contributed by atoms with Crippen molar-refractivity contribution in [1.29, 1.82) is 0 Å². The molecule has 2 amide bonds. The molecule has 4 aromatic rings. The molecule has 0 saturated heterocycles. The molecule has 0 spiro atoms. The van der Waals surface area contributed by atoms with Crippen LogP contribution in [0.5, 0.6) is 11.5 Å². The Morgan fingerprint density at radius 3 is 2.54 bits per heavy atom. The second-order valence-electron chi connectivity index (χ2n) is 8.68. The van der Waals surface area contributed by atoms with Gasteiger partial charge in [-0.15, -0.1) is 0 Å². The van der Waals surface area contributed by atoms with Gasteiger partial charge in [-0.05, 0) is 65.2 Å². The number of methoxy groups -OCH3 is 1. The summed E-state index contributed by atoms with van der Waals surface area (Å²) in [6.45, 7) is 0.272. The number of nitrogens with two attached hydrogens (primary N) is 1. The van der Waals surface area contributed by atoms with Crippen molar-refractivity contribution in [3.63, 3.8) is 0 Å². The molecule has 39 heavy (non-hydrogen) atoms. The van der Waals surface area contributed by atoms with Crippen molar-refractivity contribution < 1.29 is 24.0 Å². The zero-order valence-electron chi connectivity index (χ0n) is 20.8. The van der Waals surface area contributed by atoms with Crippen molar-refractivity contribution in [3.8, 4) is 22.6 Å². The third-order valence-electron chi connectivity index (χ3n) is 6.23. The van der Waals surface area contributed by atoms with Gasteiger partial charge in [0, 0.05) is 18.7 Å². The number of fused-ring (bicyclic) bond motifs is 2. The Morgan fingerprint density at radius 2 is 1.77 bits per heavy atom. The summed E-state index contributed by atoms with van der Waals surface area (Å²) in [4.78, 5) is 39.3. The van der Waals surface area contributed by atoms with Crippen LogP contribution < -0.4 is 25.8 Å². The van der Waals surface area contributed by atoms with Crippen molar-refractivity contribution in [2.75, 3.05) is 24.4 Å². The van der Waals surface area contributed by atoms with Gasteiger partial charge in [0.2, 0.25) is 0 Å². The Morgan fingerprint density at radius 1 is 0.974 bits per heavy atom. The van der Waals surface area contributed by atoms with E-state index in [-0.39, 0.29) is 29.6 Å². The SMILES string of the molecule is COc1cc(-c2ccc3c(c2)Nc2ccc(CCOc4cccnc4C(N)=O)cc2NC3=O)ccc1[N+](=O)[O-]. The number of primary amides is 1. The van der Waals surface area contributed by atoms with E-state index in [2.05, 4.69) is 15.6 Å². The number of benzene rings is 3. The number of carbonyl (C=O) groups excluding carboxylic acids is 2. The first kappa shape index (κ1) is 25.2. The lowest BCUT2D eigenvalue weighted by Gasteiger charge is -2.13. The highest BCUT2D eigenvalue weighted by Crippen LogP contribution is 2.37. The quantitative estimate of drug-likeness (QED) is 0.221. The van der Waals surface area contributed by atoms with Gasteiger partial charge in [0.15, 0.2) is 17.2 Å². The minimum Gasteiger partial charge on any atom is -0.491 e. The number of nitrogens with zero attached hydrogens (tertiary/aromatic N) is 2. The number of carbonyl (C=O) groups is 2. The molecular formula is C28H23N5O6. The molecule has 196 valence electrons. The fourth-order valence-electron chi connectivity index (χ4n) is 4.30. The molecule has 5 rings (SSSR count). The zero-order chi connectivity index (χ0) is 27.5. The second kappa shape index (κ2) is 10.5. The fourth-order valence-corrected chi connectivity index (χ4v) is 4.30. The first-order chi connectivity index (χ1) is 18.8. The third kappa shape index (κ3) is 5.18. The van der Waals surface area contributed by atoms with E-state index in [0.29, 0.717) is 40.4 Å². The van der Waals surface area contributed by atoms with Gasteiger partial charge in [-0.1, -0.05) is 12.1 Å². The molecule has 0 fully saturated rings. The molecule has 1 aromatic heterocycles. The number of pyridine rings is 1. The maximum absolute atomic E-state index is 13.0. The lowest BCUT2D eigenvalue weighted by molar-refractivity contribution is -0.385. The Balaban J connectivity index is 1.36. The molecule has 0 saturated carbocycles. The third-order valence-corrected chi connectivity index (χ3v) is 6.23. The maximum Gasteiger partial charge on any atom is 0.310 e. The molecule has 0 unspecified atom stereocenters. The van der Waals surface area contributed by atoms with E-state index in [1.54, 1.807) is 36.4 Å². The monoisotopic (exact) mass is 525 g/mol. The van der Waals surface area contributed by atoms with Gasteiger partial charge in [-0.2, -0.15) is 0 Å². The highest BCUT2D eigenvalue weighted by Gasteiger charge is 2.21. The van der Waals surface area contributed by atoms with Gasteiger partial charge >= 0.3 is 5.69 Å². The van der Waals surface area contributed by atoms with Crippen molar-refractivity contribution in [2.45, 2.75) is 6.42 Å². The summed E-state index contributed by atoms with van der Waals surface area (Å²) >= 11 is 0. The van der Waals surface area contributed by atoms with Crippen LogP contribution in [0.2, 0.25) is 0 Å². The predicted molar refractivity (Wildman–Crippen MR) is 145 cm³/mol. The Labute approximate surface area is 222 Å². The summed E-state index contributed by atoms with van der Waals surface area (Å²) in [6.07, 6.45) is 1.98. The number of nitro groups is 1. The average molecular weight is 526 g/mol. The smallest absolute Gasteiger partial charge is 0.310 e. The van der Waals surface area contributed by atoms with E-state index in [0.717, 1.165) is 11.1 Å². The topological polar surface area (TPSA) is 159 Å². The largest absolute Gasteiger partial charge is 0.491 e. The summed E-state index contributed by atoms with van der Waals surface area (Å²) in [7, 11) is 1.38. The summed E-state index contributed by atoms with van der Waals surface area (Å²) in [5.41, 5.74) is 10.0. The highest BCUT2D eigenvalue weighted by molar-refractivity contribution is 6.12. The van der Waals surface area contributed by atoms with Crippen LogP contribution >= 0.6 is 0 Å². The maximum atomic E-state index is 13.0. The number of nitro benzene ring substituents is 1. The van der Waals surface area contributed by atoms with Crippen LogP contribution in [-0.2, 0) is 6.42 Å². The average Bonchev–Trinajstić information content (AvgIpc) is 3.07. The summed E-state index contributed by atoms with van der Waals surface area (Å²) in [5, 5.41) is 17.5. The van der Waals surface area contributed by atoms with E-state index in [9.17, 15) is 19.7 Å². The van der Waals surface area contributed by atoms with E-state index >= 15 is 0 Å². The Hall–Kier alpha value is -5.45. The number of nitrogens with one attached hydrogen (secondary N) is 2. The molecule has 0 aliphatic carbocycles. The minimum atomic E-state index is -0.667. The lowest BCUT2D eigenvalue weighted by atomic mass is 10.0. The summed E-state index contributed by atoms with van der Waals surface area (Å²) < 4.78 is 10.9. The number of ether oxygens (including phenoxy) is 2. The molecule has 0 radical (unpaired) electrons. The first-order valence-corrected chi connectivity index (χ1v) is 11.9. The van der Waals surface area contributed by atoms with Crippen LogP contribution in [0, 0.1) is 10.1 Å². The molecule has 1 aliphatic heterocycles. The fraction of sp³-hybridized carbons (Fsp3) is 0.107. The number of hydrogen-bond donors (Lipinski definition) is 3. The van der Waals surface area contributed by atoms with Gasteiger partial charge in [0.25, 0.3) is 11.8 Å². The van der Waals surface area contributed by atoms with Crippen molar-refractivity contribution in [2.24, 2.45) is 5.73 Å². The molecule has 4 N–H and O–H groups in total. The molecular weight excluding hydrogens is 502 g/mol. The number of aromatic nitrogens is 1. The van der Waals surface area contributed by atoms with Crippen LogP contribution in [-0.4, -0.2) is 35.4 Å². The first-order valence-electron chi connectivity index (χ1n) is 11.9. The van der Waals surface area contributed by atoms with E-state index in [1.165, 1.54) is 19.4 Å². The normalized spacial score (nSPS) is 11.8. The second-order valence-corrected chi connectivity index (χ2v) is 8.68. The van der Waals surface area contributed by atoms with Crippen molar-refractivity contribution in [1.82, 2.24) is 4.98 Å². The molecule has 1 aliphatic rings. The van der Waals surface area contributed by atoms with Gasteiger partial charge in [0.05, 0.1) is 41.3 Å². The van der Waals surface area contributed by atoms with Crippen molar-refractivity contribution in [3.05, 3.63) is 99.9 Å². The predicted octanol–water partition coefficient (Wildman–Crippen LogP) is 4.70. The highest BCUT2D eigenvalue weighted by atomic mass is 16.6. The van der Waals surface area contributed by atoms with Crippen LogP contribution in [0.15, 0.2) is 72.9 Å². The molecule has 11 heteroatoms. The number of hydrogen-bond acceptors (Lipinski definition) is 8. The Kier molecular flexibility index (Phi) is 6.79. The zero-order valence-corrected chi connectivity index (χ0v) is 20.8. The van der Waals surface area contributed by atoms with E-state index < -0.39 is 10.8 Å². The van der Waals surface area contributed by atoms with Crippen LogP contribution in [0.1, 0.15) is 26.4 Å². The van der Waals surface area contributed by atoms with Gasteiger partial charge in [0.1, 0.15) is 0 Å². The standard InChI is InChI=1S/C28H23N5O6/c1-38-25-15-18(6-9-23(25)33(36)37)17-5-7-19-21(14-17)31-20-8-4-16(13-22(20)32-28(19)35)10-12-39-24-3-2-11-30-26(24)27(29)34/h2-9,11,13-15,31H,10,12H2,1H3,(H2,29,34)(H,32,35). The summed E-state index contributed by atoms with van der Waals surface area (Å²) in [6, 6.07) is 18.8. The summed E-state index contributed by atoms with van der Waals surface area (Å²) in [5.74, 6) is -0.486. The molecule has 2 heterocycles. The van der Waals surface area contributed by atoms with Gasteiger partial charge in [-0.3, -0.25) is 19.7 Å². The Bertz CT molecular complexity index is 1620. The molecule has 11 nitrogen and oxygen atoms in total. The molecule has 0 bridgehead atoms. The number of rotatable bonds is 8. The van der Waals surface area contributed by atoms with E-state index in [1.807, 2.05) is 24.3 Å². The van der Waals surface area contributed by atoms with Gasteiger partial charge in [-0.25, -0.2) is 4.98 Å². The van der Waals surface area contributed by atoms with Crippen molar-refractivity contribution >= 4 is 34.6 Å². The van der Waals surface area contributed by atoms with Crippen LogP contribution in [0.25, 0.3) is 11.1 Å². The molecule has 0 atom stereocenters. The number of amides is 2. The van der Waals surface area contributed by atoms with Gasteiger partial charge < -0.3 is 25.8 Å².